The van der Waals surface area contributed by atoms with Crippen LogP contribution in [0.1, 0.15) is 31.7 Å². The average Bonchev–Trinajstić information content (AvgIpc) is 2.34. The quantitative estimate of drug-likeness (QED) is 0.647. The van der Waals surface area contributed by atoms with Crippen LogP contribution in [0.5, 0.6) is 5.75 Å². The second kappa shape index (κ2) is 7.56. The summed E-state index contributed by atoms with van der Waals surface area (Å²) in [6, 6.07) is 8.27. The molecule has 0 aliphatic heterocycles. The minimum atomic E-state index is 0.591. The molecule has 1 atom stereocenters. The summed E-state index contributed by atoms with van der Waals surface area (Å²) in [5, 5.41) is 0. The van der Waals surface area contributed by atoms with Gasteiger partial charge in [-0.3, -0.25) is 0 Å². The lowest BCUT2D eigenvalue weighted by Gasteiger charge is -2.13. The van der Waals surface area contributed by atoms with Crippen LogP contribution in [-0.4, -0.2) is 13.0 Å². The van der Waals surface area contributed by atoms with Crippen molar-refractivity contribution in [1.82, 2.24) is 0 Å². The Labute approximate surface area is 104 Å². The number of hydrogen-bond donors (Lipinski definition) is 0. The number of hydrogen-bond acceptors (Lipinski definition) is 1. The monoisotopic (exact) mass is 240 g/mol. The summed E-state index contributed by atoms with van der Waals surface area (Å²) in [5.74, 6) is 2.27. The lowest BCUT2D eigenvalue weighted by molar-refractivity contribution is 0.413. The predicted octanol–water partition coefficient (Wildman–Crippen LogP) is 4.28. The van der Waals surface area contributed by atoms with Crippen LogP contribution >= 0.6 is 11.6 Å². The highest BCUT2D eigenvalue weighted by molar-refractivity contribution is 6.18. The van der Waals surface area contributed by atoms with Crippen molar-refractivity contribution < 1.29 is 4.74 Å². The van der Waals surface area contributed by atoms with Crippen LogP contribution in [0.3, 0.4) is 0 Å². The van der Waals surface area contributed by atoms with E-state index in [-0.39, 0.29) is 0 Å². The molecular weight excluding hydrogens is 220 g/mol. The number of rotatable bonds is 7. The molecule has 0 saturated carbocycles. The van der Waals surface area contributed by atoms with Crippen molar-refractivity contribution in [3.05, 3.63) is 29.8 Å². The van der Waals surface area contributed by atoms with Crippen molar-refractivity contribution in [3.63, 3.8) is 0 Å². The highest BCUT2D eigenvalue weighted by Crippen LogP contribution is 2.20. The summed E-state index contributed by atoms with van der Waals surface area (Å²) in [6.45, 7) is 2.22. The van der Waals surface area contributed by atoms with E-state index < -0.39 is 0 Å². The Balaban J connectivity index is 2.55. The summed E-state index contributed by atoms with van der Waals surface area (Å²) in [5.41, 5.74) is 1.32. The summed E-state index contributed by atoms with van der Waals surface area (Å²) in [6.07, 6.45) is 4.78. The van der Waals surface area contributed by atoms with Gasteiger partial charge >= 0.3 is 0 Å². The first kappa shape index (κ1) is 13.4. The fourth-order valence-corrected chi connectivity index (χ4v) is 2.12. The van der Waals surface area contributed by atoms with Gasteiger partial charge in [0.25, 0.3) is 0 Å². The Bertz CT molecular complexity index is 299. The molecule has 0 aliphatic carbocycles. The van der Waals surface area contributed by atoms with Crippen LogP contribution in [0.2, 0.25) is 0 Å². The van der Waals surface area contributed by atoms with Crippen LogP contribution in [-0.2, 0) is 6.42 Å². The number of halogens is 1. The number of methoxy groups -OCH3 is 1. The zero-order valence-corrected chi connectivity index (χ0v) is 11.0. The summed E-state index contributed by atoms with van der Waals surface area (Å²) >= 11 is 6.00. The van der Waals surface area contributed by atoms with Gasteiger partial charge in [0.1, 0.15) is 5.75 Å². The second-order valence-corrected chi connectivity index (χ2v) is 4.53. The molecule has 0 N–H and O–H groups in total. The van der Waals surface area contributed by atoms with E-state index in [1.54, 1.807) is 7.11 Å². The summed E-state index contributed by atoms with van der Waals surface area (Å²) in [7, 11) is 1.70. The molecule has 2 heteroatoms. The minimum absolute atomic E-state index is 0.591. The van der Waals surface area contributed by atoms with E-state index in [0.29, 0.717) is 5.92 Å². The molecule has 1 aromatic rings. The van der Waals surface area contributed by atoms with Crippen molar-refractivity contribution >= 4 is 11.6 Å². The Morgan fingerprint density at radius 3 is 2.81 bits per heavy atom. The maximum atomic E-state index is 6.00. The highest BCUT2D eigenvalue weighted by atomic mass is 35.5. The largest absolute Gasteiger partial charge is 0.497 e. The van der Waals surface area contributed by atoms with Crippen LogP contribution < -0.4 is 4.74 Å². The van der Waals surface area contributed by atoms with Gasteiger partial charge in [-0.25, -0.2) is 0 Å². The molecule has 0 amide bonds. The van der Waals surface area contributed by atoms with Crippen molar-refractivity contribution in [3.8, 4) is 5.75 Å². The first-order valence-electron chi connectivity index (χ1n) is 5.99. The van der Waals surface area contributed by atoms with Gasteiger partial charge in [0.15, 0.2) is 0 Å². The second-order valence-electron chi connectivity index (χ2n) is 4.22. The molecule has 1 rings (SSSR count). The lowest BCUT2D eigenvalue weighted by atomic mass is 9.96. The molecule has 0 heterocycles. The van der Waals surface area contributed by atoms with Crippen molar-refractivity contribution in [2.24, 2.45) is 5.92 Å². The fourth-order valence-electron chi connectivity index (χ4n) is 1.86. The Morgan fingerprint density at radius 2 is 2.19 bits per heavy atom. The molecule has 90 valence electrons. The molecule has 0 spiro atoms. The van der Waals surface area contributed by atoms with E-state index in [1.807, 2.05) is 12.1 Å². The first-order valence-corrected chi connectivity index (χ1v) is 6.52. The first-order chi connectivity index (χ1) is 7.80. The molecule has 0 aromatic heterocycles. The van der Waals surface area contributed by atoms with E-state index >= 15 is 0 Å². The van der Waals surface area contributed by atoms with E-state index in [0.717, 1.165) is 18.1 Å². The Morgan fingerprint density at radius 1 is 1.38 bits per heavy atom. The molecule has 0 bridgehead atoms. The Hall–Kier alpha value is -0.690. The smallest absolute Gasteiger partial charge is 0.119 e. The normalized spacial score (nSPS) is 12.4. The van der Waals surface area contributed by atoms with E-state index in [1.165, 1.54) is 24.8 Å². The van der Waals surface area contributed by atoms with E-state index in [4.69, 9.17) is 16.3 Å². The van der Waals surface area contributed by atoms with Crippen LogP contribution in [0, 0.1) is 5.92 Å². The topological polar surface area (TPSA) is 9.23 Å². The molecular formula is C14H21ClO. The summed E-state index contributed by atoms with van der Waals surface area (Å²) in [4.78, 5) is 0. The third kappa shape index (κ3) is 4.44. The maximum absolute atomic E-state index is 6.00. The standard InChI is InChI=1S/C14H21ClO/c1-3-4-6-13(11-15)9-12-7-5-8-14(10-12)16-2/h5,7-8,10,13H,3-4,6,9,11H2,1-2H3. The van der Waals surface area contributed by atoms with Crippen LogP contribution in [0.25, 0.3) is 0 Å². The SMILES string of the molecule is CCCCC(CCl)Cc1cccc(OC)c1. The van der Waals surface area contributed by atoms with Gasteiger partial charge in [0.05, 0.1) is 7.11 Å². The van der Waals surface area contributed by atoms with Crippen LogP contribution in [0.15, 0.2) is 24.3 Å². The Kier molecular flexibility index (Phi) is 6.32. The minimum Gasteiger partial charge on any atom is -0.497 e. The van der Waals surface area contributed by atoms with Gasteiger partial charge in [-0.05, 0) is 36.5 Å². The van der Waals surface area contributed by atoms with Gasteiger partial charge in [-0.1, -0.05) is 31.9 Å². The van der Waals surface area contributed by atoms with Gasteiger partial charge in [-0.15, -0.1) is 11.6 Å². The number of alkyl halides is 1. The van der Waals surface area contributed by atoms with Gasteiger partial charge < -0.3 is 4.74 Å². The van der Waals surface area contributed by atoms with Gasteiger partial charge in [-0.2, -0.15) is 0 Å². The van der Waals surface area contributed by atoms with Crippen molar-refractivity contribution in [2.45, 2.75) is 32.6 Å². The number of benzene rings is 1. The van der Waals surface area contributed by atoms with Gasteiger partial charge in [0, 0.05) is 5.88 Å². The van der Waals surface area contributed by atoms with Gasteiger partial charge in [0.2, 0.25) is 0 Å². The molecule has 0 radical (unpaired) electrons. The average molecular weight is 241 g/mol. The number of unbranched alkanes of at least 4 members (excludes halogenated alkanes) is 1. The zero-order chi connectivity index (χ0) is 11.8. The molecule has 1 nitrogen and oxygen atoms in total. The molecule has 0 aliphatic rings. The van der Waals surface area contributed by atoms with E-state index in [9.17, 15) is 0 Å². The molecule has 1 aromatic carbocycles. The molecule has 1 unspecified atom stereocenters. The third-order valence-corrected chi connectivity index (χ3v) is 3.28. The third-order valence-electron chi connectivity index (χ3n) is 2.84. The zero-order valence-electron chi connectivity index (χ0n) is 10.2. The molecule has 0 saturated heterocycles. The fraction of sp³-hybridized carbons (Fsp3) is 0.571. The van der Waals surface area contributed by atoms with E-state index in [2.05, 4.69) is 19.1 Å². The lowest BCUT2D eigenvalue weighted by Crippen LogP contribution is -2.06. The highest BCUT2D eigenvalue weighted by Gasteiger charge is 2.08. The molecule has 16 heavy (non-hydrogen) atoms. The maximum Gasteiger partial charge on any atom is 0.119 e. The van der Waals surface area contributed by atoms with Crippen molar-refractivity contribution in [2.75, 3.05) is 13.0 Å². The predicted molar refractivity (Wildman–Crippen MR) is 70.4 cm³/mol. The summed E-state index contributed by atoms with van der Waals surface area (Å²) < 4.78 is 5.22. The number of ether oxygens (including phenoxy) is 1. The van der Waals surface area contributed by atoms with Crippen LogP contribution in [0.4, 0.5) is 0 Å². The van der Waals surface area contributed by atoms with Crippen molar-refractivity contribution in [1.29, 1.82) is 0 Å². The molecule has 0 fully saturated rings.